The lowest BCUT2D eigenvalue weighted by Gasteiger charge is -2.15. The maximum atomic E-state index is 12.0. The van der Waals surface area contributed by atoms with Crippen molar-refractivity contribution in [2.45, 2.75) is 25.8 Å². The van der Waals surface area contributed by atoms with E-state index in [1.54, 1.807) is 30.3 Å². The van der Waals surface area contributed by atoms with Crippen molar-refractivity contribution in [3.8, 4) is 0 Å². The lowest BCUT2D eigenvalue weighted by Crippen LogP contribution is -2.27. The highest BCUT2D eigenvalue weighted by Crippen LogP contribution is 2.22. The lowest BCUT2D eigenvalue weighted by molar-refractivity contribution is -0.121. The highest BCUT2D eigenvalue weighted by molar-refractivity contribution is 6.31. The van der Waals surface area contributed by atoms with Gasteiger partial charge in [0.2, 0.25) is 5.91 Å². The average Bonchev–Trinajstić information content (AvgIpc) is 2.53. The Labute approximate surface area is 145 Å². The second kappa shape index (κ2) is 8.14. The van der Waals surface area contributed by atoms with E-state index < -0.39 is 0 Å². The zero-order chi connectivity index (χ0) is 16.8. The molecule has 1 amide bonds. The van der Waals surface area contributed by atoms with Crippen molar-refractivity contribution >= 4 is 34.9 Å². The normalized spacial score (nSPS) is 11.8. The molecule has 0 saturated carbocycles. The highest BCUT2D eigenvalue weighted by Gasteiger charge is 2.14. The molecule has 23 heavy (non-hydrogen) atoms. The molecule has 0 aliphatic heterocycles. The second-order valence-electron chi connectivity index (χ2n) is 5.24. The van der Waals surface area contributed by atoms with Gasteiger partial charge in [-0.1, -0.05) is 41.4 Å². The van der Waals surface area contributed by atoms with Crippen LogP contribution in [0.3, 0.4) is 0 Å². The highest BCUT2D eigenvalue weighted by atomic mass is 35.5. The van der Waals surface area contributed by atoms with Gasteiger partial charge in [0.1, 0.15) is 0 Å². The Morgan fingerprint density at radius 3 is 2.30 bits per heavy atom. The van der Waals surface area contributed by atoms with Crippen LogP contribution in [-0.4, -0.2) is 11.7 Å². The number of rotatable bonds is 6. The molecule has 3 nitrogen and oxygen atoms in total. The van der Waals surface area contributed by atoms with E-state index in [9.17, 15) is 9.59 Å². The first-order valence-corrected chi connectivity index (χ1v) is 8.05. The molecule has 2 rings (SSSR count). The minimum absolute atomic E-state index is 0.0813. The number of benzene rings is 2. The van der Waals surface area contributed by atoms with Gasteiger partial charge in [0, 0.05) is 28.5 Å². The van der Waals surface area contributed by atoms with E-state index in [1.165, 1.54) is 0 Å². The van der Waals surface area contributed by atoms with E-state index in [2.05, 4.69) is 5.32 Å². The van der Waals surface area contributed by atoms with E-state index in [0.29, 0.717) is 15.6 Å². The summed E-state index contributed by atoms with van der Waals surface area (Å²) in [4.78, 5) is 24.0. The molecule has 0 aliphatic carbocycles. The SMILES string of the molecule is CC(NC(=O)CCC(=O)c1ccc(Cl)cc1)c1ccccc1Cl. The average molecular weight is 350 g/mol. The second-order valence-corrected chi connectivity index (χ2v) is 6.08. The number of Topliss-reactive ketones (excluding diaryl/α,β-unsaturated/α-hetero) is 1. The number of carbonyl (C=O) groups is 2. The molecule has 0 saturated heterocycles. The van der Waals surface area contributed by atoms with Crippen molar-refractivity contribution in [1.29, 1.82) is 0 Å². The Kier molecular flexibility index (Phi) is 6.20. The monoisotopic (exact) mass is 349 g/mol. The number of ketones is 1. The summed E-state index contributed by atoms with van der Waals surface area (Å²) < 4.78 is 0. The number of hydrogen-bond donors (Lipinski definition) is 1. The van der Waals surface area contributed by atoms with Crippen molar-refractivity contribution in [2.75, 3.05) is 0 Å². The van der Waals surface area contributed by atoms with Gasteiger partial charge >= 0.3 is 0 Å². The first kappa shape index (κ1) is 17.5. The maximum Gasteiger partial charge on any atom is 0.220 e. The standard InChI is InChI=1S/C18H17Cl2NO2/c1-12(15-4-2-3-5-16(15)20)21-18(23)11-10-17(22)13-6-8-14(19)9-7-13/h2-9,12H,10-11H2,1H3,(H,21,23). The van der Waals surface area contributed by atoms with Crippen LogP contribution >= 0.6 is 23.2 Å². The molecule has 0 heterocycles. The summed E-state index contributed by atoms with van der Waals surface area (Å²) in [6.07, 6.45) is 0.291. The molecule has 0 radical (unpaired) electrons. The fraction of sp³-hybridized carbons (Fsp3) is 0.222. The lowest BCUT2D eigenvalue weighted by atomic mass is 10.1. The zero-order valence-corrected chi connectivity index (χ0v) is 14.2. The molecule has 0 aromatic heterocycles. The summed E-state index contributed by atoms with van der Waals surface area (Å²) in [5, 5.41) is 4.04. The summed E-state index contributed by atoms with van der Waals surface area (Å²) >= 11 is 11.9. The molecule has 120 valence electrons. The van der Waals surface area contributed by atoms with Gasteiger partial charge in [-0.15, -0.1) is 0 Å². The van der Waals surface area contributed by atoms with Crippen LogP contribution in [0.4, 0.5) is 0 Å². The van der Waals surface area contributed by atoms with Gasteiger partial charge in [-0.05, 0) is 42.8 Å². The van der Waals surface area contributed by atoms with E-state index >= 15 is 0 Å². The fourth-order valence-corrected chi connectivity index (χ4v) is 2.65. The zero-order valence-electron chi connectivity index (χ0n) is 12.7. The molecular weight excluding hydrogens is 333 g/mol. The minimum atomic E-state index is -0.207. The van der Waals surface area contributed by atoms with E-state index in [4.69, 9.17) is 23.2 Å². The summed E-state index contributed by atoms with van der Waals surface area (Å²) in [7, 11) is 0. The Morgan fingerprint density at radius 2 is 1.65 bits per heavy atom. The van der Waals surface area contributed by atoms with E-state index in [1.807, 2.05) is 25.1 Å². The van der Waals surface area contributed by atoms with Gasteiger partial charge in [0.25, 0.3) is 0 Å². The summed E-state index contributed by atoms with van der Waals surface area (Å²) in [6, 6.07) is 13.8. The number of carbonyl (C=O) groups excluding carboxylic acids is 2. The largest absolute Gasteiger partial charge is 0.350 e. The Hall–Kier alpha value is -1.84. The first-order chi connectivity index (χ1) is 11.0. The van der Waals surface area contributed by atoms with E-state index in [-0.39, 0.29) is 30.6 Å². The van der Waals surface area contributed by atoms with Gasteiger partial charge in [-0.2, -0.15) is 0 Å². The summed E-state index contributed by atoms with van der Waals surface area (Å²) in [5.74, 6) is -0.262. The van der Waals surface area contributed by atoms with Crippen LogP contribution in [0.2, 0.25) is 10.0 Å². The molecule has 2 aromatic rings. The first-order valence-electron chi connectivity index (χ1n) is 7.30. The fourth-order valence-electron chi connectivity index (χ4n) is 2.22. The van der Waals surface area contributed by atoms with Crippen molar-refractivity contribution in [3.63, 3.8) is 0 Å². The minimum Gasteiger partial charge on any atom is -0.350 e. The molecule has 1 unspecified atom stereocenters. The molecular formula is C18H17Cl2NO2. The van der Waals surface area contributed by atoms with Crippen LogP contribution in [0.15, 0.2) is 48.5 Å². The molecule has 5 heteroatoms. The molecule has 1 atom stereocenters. The Bertz CT molecular complexity index is 698. The summed E-state index contributed by atoms with van der Waals surface area (Å²) in [5.41, 5.74) is 1.41. The molecule has 0 fully saturated rings. The van der Waals surface area contributed by atoms with Crippen LogP contribution < -0.4 is 5.32 Å². The third-order valence-corrected chi connectivity index (χ3v) is 4.09. The Balaban J connectivity index is 1.86. The van der Waals surface area contributed by atoms with Gasteiger partial charge in [-0.3, -0.25) is 9.59 Å². The van der Waals surface area contributed by atoms with Crippen molar-refractivity contribution in [2.24, 2.45) is 0 Å². The number of halogens is 2. The third kappa shape index (κ3) is 5.08. The topological polar surface area (TPSA) is 46.2 Å². The van der Waals surface area contributed by atoms with E-state index in [0.717, 1.165) is 5.56 Å². The van der Waals surface area contributed by atoms with Crippen LogP contribution in [0.5, 0.6) is 0 Å². The predicted octanol–water partition coefficient (Wildman–Crippen LogP) is 4.83. The number of hydrogen-bond acceptors (Lipinski definition) is 2. The third-order valence-electron chi connectivity index (χ3n) is 3.49. The Morgan fingerprint density at radius 1 is 1.00 bits per heavy atom. The van der Waals surface area contributed by atoms with Crippen molar-refractivity contribution in [3.05, 3.63) is 69.7 Å². The predicted molar refractivity (Wildman–Crippen MR) is 93.0 cm³/mol. The van der Waals surface area contributed by atoms with Crippen LogP contribution in [-0.2, 0) is 4.79 Å². The molecule has 0 aliphatic rings. The molecule has 0 spiro atoms. The van der Waals surface area contributed by atoms with Crippen molar-refractivity contribution < 1.29 is 9.59 Å². The molecule has 1 N–H and O–H groups in total. The quantitative estimate of drug-likeness (QED) is 0.758. The van der Waals surface area contributed by atoms with Crippen LogP contribution in [0, 0.1) is 0 Å². The summed E-state index contributed by atoms with van der Waals surface area (Å²) in [6.45, 7) is 1.86. The molecule has 0 bridgehead atoms. The maximum absolute atomic E-state index is 12.0. The number of nitrogens with one attached hydrogen (secondary N) is 1. The van der Waals surface area contributed by atoms with Gasteiger partial charge in [0.05, 0.1) is 6.04 Å². The molecule has 2 aromatic carbocycles. The van der Waals surface area contributed by atoms with Crippen LogP contribution in [0.1, 0.15) is 41.7 Å². The van der Waals surface area contributed by atoms with Gasteiger partial charge in [-0.25, -0.2) is 0 Å². The smallest absolute Gasteiger partial charge is 0.220 e. The van der Waals surface area contributed by atoms with Gasteiger partial charge < -0.3 is 5.32 Å². The number of amides is 1. The van der Waals surface area contributed by atoms with Gasteiger partial charge in [0.15, 0.2) is 5.78 Å². The van der Waals surface area contributed by atoms with Crippen molar-refractivity contribution in [1.82, 2.24) is 5.32 Å². The van der Waals surface area contributed by atoms with Crippen LogP contribution in [0.25, 0.3) is 0 Å².